The predicted molar refractivity (Wildman–Crippen MR) is 77.7 cm³/mol. The number of rotatable bonds is 2. The number of carbonyl (C=O) groups excluding carboxylic acids is 1. The van der Waals surface area contributed by atoms with Crippen LogP contribution in [-0.4, -0.2) is 45.5 Å². The Morgan fingerprint density at radius 2 is 2.05 bits per heavy atom. The van der Waals surface area contributed by atoms with Gasteiger partial charge in [0.05, 0.1) is 11.9 Å². The smallest absolute Gasteiger partial charge is 0.410 e. The lowest BCUT2D eigenvalue weighted by Crippen LogP contribution is -2.44. The van der Waals surface area contributed by atoms with E-state index in [1.807, 2.05) is 40.2 Å². The molecule has 1 fully saturated rings. The molecular formula is C14H24N4O2. The molecule has 0 atom stereocenters. The summed E-state index contributed by atoms with van der Waals surface area (Å²) in [5.41, 5.74) is 0.602. The summed E-state index contributed by atoms with van der Waals surface area (Å²) in [5.74, 6) is 0. The van der Waals surface area contributed by atoms with Gasteiger partial charge in [0, 0.05) is 32.4 Å². The monoisotopic (exact) mass is 280 g/mol. The SMILES string of the molecule is Cn1cc(NC2CCN(C(=O)OC(C)(C)C)CC2)cn1. The van der Waals surface area contributed by atoms with Crippen molar-refractivity contribution >= 4 is 11.8 Å². The summed E-state index contributed by atoms with van der Waals surface area (Å²) < 4.78 is 7.16. The lowest BCUT2D eigenvalue weighted by atomic mass is 10.1. The van der Waals surface area contributed by atoms with Crippen LogP contribution in [0.15, 0.2) is 12.4 Å². The van der Waals surface area contributed by atoms with Gasteiger partial charge < -0.3 is 15.0 Å². The van der Waals surface area contributed by atoms with Crippen molar-refractivity contribution in [3.8, 4) is 0 Å². The number of piperidine rings is 1. The molecule has 1 aliphatic heterocycles. The van der Waals surface area contributed by atoms with Gasteiger partial charge in [0.15, 0.2) is 0 Å². The number of aryl methyl sites for hydroxylation is 1. The molecule has 2 rings (SSSR count). The van der Waals surface area contributed by atoms with Crippen LogP contribution in [0.3, 0.4) is 0 Å². The van der Waals surface area contributed by atoms with Crippen LogP contribution in [0.1, 0.15) is 33.6 Å². The van der Waals surface area contributed by atoms with Crippen molar-refractivity contribution in [2.75, 3.05) is 18.4 Å². The number of hydrogen-bond acceptors (Lipinski definition) is 4. The second kappa shape index (κ2) is 5.73. The van der Waals surface area contributed by atoms with E-state index in [0.29, 0.717) is 6.04 Å². The highest BCUT2D eigenvalue weighted by Crippen LogP contribution is 2.18. The van der Waals surface area contributed by atoms with Crippen molar-refractivity contribution in [3.05, 3.63) is 12.4 Å². The average Bonchev–Trinajstić information content (AvgIpc) is 2.73. The number of aromatic nitrogens is 2. The first-order valence-corrected chi connectivity index (χ1v) is 7.06. The van der Waals surface area contributed by atoms with Crippen molar-refractivity contribution in [1.82, 2.24) is 14.7 Å². The van der Waals surface area contributed by atoms with Crippen molar-refractivity contribution in [3.63, 3.8) is 0 Å². The van der Waals surface area contributed by atoms with Gasteiger partial charge in [0.25, 0.3) is 0 Å². The van der Waals surface area contributed by atoms with Crippen LogP contribution in [0.2, 0.25) is 0 Å². The van der Waals surface area contributed by atoms with E-state index in [0.717, 1.165) is 31.6 Å². The predicted octanol–water partition coefficient (Wildman–Crippen LogP) is 2.23. The maximum Gasteiger partial charge on any atom is 0.410 e. The second-order valence-electron chi connectivity index (χ2n) is 6.29. The fourth-order valence-electron chi connectivity index (χ4n) is 2.26. The Kier molecular flexibility index (Phi) is 4.20. The van der Waals surface area contributed by atoms with Crippen molar-refractivity contribution in [1.29, 1.82) is 0 Å². The van der Waals surface area contributed by atoms with Gasteiger partial charge in [0.1, 0.15) is 5.60 Å². The van der Waals surface area contributed by atoms with Crippen LogP contribution < -0.4 is 5.32 Å². The zero-order valence-corrected chi connectivity index (χ0v) is 12.7. The van der Waals surface area contributed by atoms with E-state index in [2.05, 4.69) is 10.4 Å². The molecule has 0 unspecified atom stereocenters. The molecular weight excluding hydrogens is 256 g/mol. The van der Waals surface area contributed by atoms with Gasteiger partial charge >= 0.3 is 6.09 Å². The van der Waals surface area contributed by atoms with E-state index in [1.54, 1.807) is 9.58 Å². The molecule has 112 valence electrons. The molecule has 1 aromatic heterocycles. The van der Waals surface area contributed by atoms with Crippen molar-refractivity contribution in [2.45, 2.75) is 45.3 Å². The minimum absolute atomic E-state index is 0.211. The maximum atomic E-state index is 12.0. The largest absolute Gasteiger partial charge is 0.444 e. The van der Waals surface area contributed by atoms with Crippen LogP contribution in [0.25, 0.3) is 0 Å². The Morgan fingerprint density at radius 1 is 1.40 bits per heavy atom. The number of nitrogens with zero attached hydrogens (tertiary/aromatic N) is 3. The van der Waals surface area contributed by atoms with Gasteiger partial charge in [-0.05, 0) is 33.6 Å². The second-order valence-corrected chi connectivity index (χ2v) is 6.29. The molecule has 0 aromatic carbocycles. The molecule has 0 saturated carbocycles. The Hall–Kier alpha value is -1.72. The number of ether oxygens (including phenoxy) is 1. The van der Waals surface area contributed by atoms with E-state index >= 15 is 0 Å². The highest BCUT2D eigenvalue weighted by molar-refractivity contribution is 5.68. The molecule has 1 aliphatic rings. The molecule has 20 heavy (non-hydrogen) atoms. The van der Waals surface area contributed by atoms with E-state index in [1.165, 1.54) is 0 Å². The summed E-state index contributed by atoms with van der Waals surface area (Å²) in [6.45, 7) is 7.13. The van der Waals surface area contributed by atoms with Gasteiger partial charge in [-0.15, -0.1) is 0 Å². The molecule has 1 amide bonds. The van der Waals surface area contributed by atoms with E-state index in [9.17, 15) is 4.79 Å². The zero-order chi connectivity index (χ0) is 14.8. The van der Waals surface area contributed by atoms with Crippen molar-refractivity contribution < 1.29 is 9.53 Å². The Labute approximate surface area is 120 Å². The molecule has 0 aliphatic carbocycles. The number of carbonyl (C=O) groups is 1. The van der Waals surface area contributed by atoms with Gasteiger partial charge in [-0.3, -0.25) is 4.68 Å². The van der Waals surface area contributed by atoms with E-state index in [4.69, 9.17) is 4.74 Å². The first-order chi connectivity index (χ1) is 9.33. The first kappa shape index (κ1) is 14.7. The molecule has 0 spiro atoms. The third-order valence-electron chi connectivity index (χ3n) is 3.22. The quantitative estimate of drug-likeness (QED) is 0.902. The highest BCUT2D eigenvalue weighted by Gasteiger charge is 2.26. The summed E-state index contributed by atoms with van der Waals surface area (Å²) in [4.78, 5) is 13.7. The Morgan fingerprint density at radius 3 is 2.55 bits per heavy atom. The summed E-state index contributed by atoms with van der Waals surface area (Å²) in [6, 6.07) is 0.387. The fraction of sp³-hybridized carbons (Fsp3) is 0.714. The molecule has 0 radical (unpaired) electrons. The minimum atomic E-state index is -0.429. The molecule has 1 aromatic rings. The van der Waals surface area contributed by atoms with Crippen LogP contribution in [0.4, 0.5) is 10.5 Å². The molecule has 2 heterocycles. The number of amides is 1. The molecule has 0 bridgehead atoms. The Balaban J connectivity index is 1.79. The van der Waals surface area contributed by atoms with Crippen molar-refractivity contribution in [2.24, 2.45) is 7.05 Å². The minimum Gasteiger partial charge on any atom is -0.444 e. The van der Waals surface area contributed by atoms with Crippen LogP contribution in [0, 0.1) is 0 Å². The first-order valence-electron chi connectivity index (χ1n) is 7.06. The summed E-state index contributed by atoms with van der Waals surface area (Å²) in [7, 11) is 1.90. The van der Waals surface area contributed by atoms with Crippen LogP contribution in [-0.2, 0) is 11.8 Å². The average molecular weight is 280 g/mol. The Bertz CT molecular complexity index is 456. The lowest BCUT2D eigenvalue weighted by Gasteiger charge is -2.33. The van der Waals surface area contributed by atoms with Gasteiger partial charge in [-0.25, -0.2) is 4.79 Å². The maximum absolute atomic E-state index is 12.0. The fourth-order valence-corrected chi connectivity index (χ4v) is 2.26. The number of nitrogens with one attached hydrogen (secondary N) is 1. The topological polar surface area (TPSA) is 59.4 Å². The van der Waals surface area contributed by atoms with Crippen LogP contribution in [0.5, 0.6) is 0 Å². The molecule has 6 heteroatoms. The van der Waals surface area contributed by atoms with Gasteiger partial charge in [0.2, 0.25) is 0 Å². The summed E-state index contributed by atoms with van der Waals surface area (Å²) in [5, 5.41) is 7.58. The third kappa shape index (κ3) is 4.15. The number of anilines is 1. The van der Waals surface area contributed by atoms with E-state index in [-0.39, 0.29) is 6.09 Å². The molecule has 1 N–H and O–H groups in total. The third-order valence-corrected chi connectivity index (χ3v) is 3.22. The zero-order valence-electron chi connectivity index (χ0n) is 12.7. The summed E-state index contributed by atoms with van der Waals surface area (Å²) in [6.07, 6.45) is 5.42. The molecule has 6 nitrogen and oxygen atoms in total. The molecule has 1 saturated heterocycles. The standard InChI is InChI=1S/C14H24N4O2/c1-14(2,3)20-13(19)18-7-5-11(6-8-18)16-12-9-15-17(4)10-12/h9-11,16H,5-8H2,1-4H3. The van der Waals surface area contributed by atoms with Gasteiger partial charge in [-0.1, -0.05) is 0 Å². The van der Waals surface area contributed by atoms with Gasteiger partial charge in [-0.2, -0.15) is 5.10 Å². The number of hydrogen-bond donors (Lipinski definition) is 1. The normalized spacial score (nSPS) is 17.1. The summed E-state index contributed by atoms with van der Waals surface area (Å²) >= 11 is 0. The van der Waals surface area contributed by atoms with E-state index < -0.39 is 5.60 Å². The number of likely N-dealkylation sites (tertiary alicyclic amines) is 1. The lowest BCUT2D eigenvalue weighted by molar-refractivity contribution is 0.0210. The van der Waals surface area contributed by atoms with Crippen LogP contribution >= 0.6 is 0 Å². The highest BCUT2D eigenvalue weighted by atomic mass is 16.6.